The van der Waals surface area contributed by atoms with Crippen LogP contribution in [0, 0.1) is 5.92 Å². The van der Waals surface area contributed by atoms with E-state index >= 15 is 0 Å². The van der Waals surface area contributed by atoms with E-state index in [0.717, 1.165) is 25.5 Å². The van der Waals surface area contributed by atoms with Gasteiger partial charge in [-0.3, -0.25) is 0 Å². The van der Waals surface area contributed by atoms with Gasteiger partial charge >= 0.3 is 0 Å². The highest BCUT2D eigenvalue weighted by Crippen LogP contribution is 2.26. The highest BCUT2D eigenvalue weighted by atomic mass is 16.1. The fourth-order valence-electron chi connectivity index (χ4n) is 1.88. The molecule has 0 unspecified atom stereocenters. The molecule has 82 valence electrons. The molecule has 1 rings (SSSR count). The first-order chi connectivity index (χ1) is 7.29. The number of carbonyl (C=O) groups excluding carboxylic acids is 1. The number of carbonyl (C=O) groups is 1. The van der Waals surface area contributed by atoms with Crippen molar-refractivity contribution in [2.24, 2.45) is 5.92 Å². The molecule has 15 heavy (non-hydrogen) atoms. The molecule has 1 nitrogen and oxygen atoms in total. The van der Waals surface area contributed by atoms with Crippen LogP contribution in [0.15, 0.2) is 30.3 Å². The minimum Gasteiger partial charge on any atom is -0.303 e. The SMILES string of the molecule is CCCC[C@@H](C=O)[C@@H](C)c1ccccc1. The second-order valence-corrected chi connectivity index (χ2v) is 4.14. The van der Waals surface area contributed by atoms with Gasteiger partial charge in [0, 0.05) is 5.92 Å². The van der Waals surface area contributed by atoms with Crippen molar-refractivity contribution in [1.29, 1.82) is 0 Å². The summed E-state index contributed by atoms with van der Waals surface area (Å²) in [5.41, 5.74) is 1.27. The molecular formula is C14H20O. The van der Waals surface area contributed by atoms with Crippen molar-refractivity contribution < 1.29 is 4.79 Å². The largest absolute Gasteiger partial charge is 0.303 e. The van der Waals surface area contributed by atoms with Crippen molar-refractivity contribution in [2.45, 2.75) is 39.0 Å². The van der Waals surface area contributed by atoms with Crippen LogP contribution in [-0.2, 0) is 4.79 Å². The monoisotopic (exact) mass is 204 g/mol. The first-order valence-corrected chi connectivity index (χ1v) is 5.79. The topological polar surface area (TPSA) is 17.1 Å². The number of hydrogen-bond donors (Lipinski definition) is 0. The van der Waals surface area contributed by atoms with E-state index in [1.54, 1.807) is 0 Å². The van der Waals surface area contributed by atoms with Gasteiger partial charge in [0.1, 0.15) is 6.29 Å². The molecule has 1 aromatic rings. The van der Waals surface area contributed by atoms with Gasteiger partial charge in [0.25, 0.3) is 0 Å². The fourth-order valence-corrected chi connectivity index (χ4v) is 1.88. The molecule has 0 spiro atoms. The third kappa shape index (κ3) is 3.50. The van der Waals surface area contributed by atoms with E-state index in [4.69, 9.17) is 0 Å². The van der Waals surface area contributed by atoms with Gasteiger partial charge in [0.2, 0.25) is 0 Å². The molecule has 0 heterocycles. The smallest absolute Gasteiger partial charge is 0.123 e. The maximum atomic E-state index is 11.0. The molecule has 0 aliphatic carbocycles. The van der Waals surface area contributed by atoms with Gasteiger partial charge in [-0.25, -0.2) is 0 Å². The Bertz CT molecular complexity index is 279. The lowest BCUT2D eigenvalue weighted by Gasteiger charge is -2.18. The van der Waals surface area contributed by atoms with Gasteiger partial charge in [-0.15, -0.1) is 0 Å². The fraction of sp³-hybridized carbons (Fsp3) is 0.500. The quantitative estimate of drug-likeness (QED) is 0.644. The normalized spacial score (nSPS) is 14.5. The standard InChI is InChI=1S/C14H20O/c1-3-4-8-14(11-15)12(2)13-9-6-5-7-10-13/h5-7,9-12,14H,3-4,8H2,1-2H3/t12-,14-/m0/s1. The number of aldehydes is 1. The summed E-state index contributed by atoms with van der Waals surface area (Å²) in [6, 6.07) is 10.3. The van der Waals surface area contributed by atoms with Crippen LogP contribution >= 0.6 is 0 Å². The van der Waals surface area contributed by atoms with E-state index < -0.39 is 0 Å². The first-order valence-electron chi connectivity index (χ1n) is 5.79. The second kappa shape index (κ2) is 6.39. The lowest BCUT2D eigenvalue weighted by molar-refractivity contribution is -0.111. The van der Waals surface area contributed by atoms with E-state index in [1.807, 2.05) is 18.2 Å². The summed E-state index contributed by atoms with van der Waals surface area (Å²) in [7, 11) is 0. The Morgan fingerprint density at radius 2 is 1.93 bits per heavy atom. The van der Waals surface area contributed by atoms with Gasteiger partial charge in [-0.05, 0) is 17.9 Å². The molecule has 0 fully saturated rings. The average molecular weight is 204 g/mol. The molecular weight excluding hydrogens is 184 g/mol. The van der Waals surface area contributed by atoms with Crippen molar-refractivity contribution in [3.63, 3.8) is 0 Å². The molecule has 0 aliphatic heterocycles. The number of hydrogen-bond acceptors (Lipinski definition) is 1. The lowest BCUT2D eigenvalue weighted by atomic mass is 9.85. The van der Waals surface area contributed by atoms with E-state index in [-0.39, 0.29) is 5.92 Å². The lowest BCUT2D eigenvalue weighted by Crippen LogP contribution is -2.11. The summed E-state index contributed by atoms with van der Waals surface area (Å²) in [5.74, 6) is 0.516. The third-order valence-corrected chi connectivity index (χ3v) is 3.03. The summed E-state index contributed by atoms with van der Waals surface area (Å²) >= 11 is 0. The third-order valence-electron chi connectivity index (χ3n) is 3.03. The maximum absolute atomic E-state index is 11.0. The Hall–Kier alpha value is -1.11. The molecule has 0 amide bonds. The summed E-state index contributed by atoms with van der Waals surface area (Å²) in [4.78, 5) is 11.0. The van der Waals surface area contributed by atoms with Crippen LogP contribution in [0.2, 0.25) is 0 Å². The number of unbranched alkanes of at least 4 members (excludes halogenated alkanes) is 1. The molecule has 0 aliphatic rings. The van der Waals surface area contributed by atoms with Crippen molar-refractivity contribution in [3.8, 4) is 0 Å². The van der Waals surface area contributed by atoms with Crippen molar-refractivity contribution in [1.82, 2.24) is 0 Å². The van der Waals surface area contributed by atoms with Crippen LogP contribution in [0.4, 0.5) is 0 Å². The van der Waals surface area contributed by atoms with Crippen LogP contribution in [-0.4, -0.2) is 6.29 Å². The van der Waals surface area contributed by atoms with Gasteiger partial charge in [0.05, 0.1) is 0 Å². The predicted molar refractivity (Wildman–Crippen MR) is 63.9 cm³/mol. The van der Waals surface area contributed by atoms with Crippen LogP contribution < -0.4 is 0 Å². The van der Waals surface area contributed by atoms with Gasteiger partial charge in [-0.1, -0.05) is 57.0 Å². The summed E-state index contributed by atoms with van der Waals surface area (Å²) in [6.07, 6.45) is 4.43. The van der Waals surface area contributed by atoms with Gasteiger partial charge < -0.3 is 4.79 Å². The Labute approximate surface area is 92.5 Å². The molecule has 0 saturated carbocycles. The second-order valence-electron chi connectivity index (χ2n) is 4.14. The Balaban J connectivity index is 2.64. The van der Waals surface area contributed by atoms with Crippen LogP contribution in [0.5, 0.6) is 0 Å². The molecule has 0 saturated heterocycles. The minimum atomic E-state index is 0.173. The maximum Gasteiger partial charge on any atom is 0.123 e. The summed E-state index contributed by atoms with van der Waals surface area (Å²) < 4.78 is 0. The molecule has 1 heteroatoms. The van der Waals surface area contributed by atoms with Gasteiger partial charge in [0.15, 0.2) is 0 Å². The summed E-state index contributed by atoms with van der Waals surface area (Å²) in [6.45, 7) is 4.30. The van der Waals surface area contributed by atoms with Crippen molar-refractivity contribution >= 4 is 6.29 Å². The highest BCUT2D eigenvalue weighted by Gasteiger charge is 2.17. The zero-order valence-corrected chi connectivity index (χ0v) is 9.65. The number of rotatable bonds is 6. The Morgan fingerprint density at radius 3 is 2.47 bits per heavy atom. The van der Waals surface area contributed by atoms with E-state index in [1.165, 1.54) is 5.56 Å². The molecule has 0 N–H and O–H groups in total. The molecule has 1 aromatic carbocycles. The van der Waals surface area contributed by atoms with Crippen LogP contribution in [0.25, 0.3) is 0 Å². The van der Waals surface area contributed by atoms with E-state index in [2.05, 4.69) is 26.0 Å². The zero-order valence-electron chi connectivity index (χ0n) is 9.65. The molecule has 0 radical (unpaired) electrons. The van der Waals surface area contributed by atoms with Crippen molar-refractivity contribution in [2.75, 3.05) is 0 Å². The Kier molecular flexibility index (Phi) is 5.09. The summed E-state index contributed by atoms with van der Waals surface area (Å²) in [5, 5.41) is 0. The predicted octanol–water partition coefficient (Wildman–Crippen LogP) is 3.80. The molecule has 0 aromatic heterocycles. The van der Waals surface area contributed by atoms with Crippen LogP contribution in [0.1, 0.15) is 44.6 Å². The average Bonchev–Trinajstić information content (AvgIpc) is 2.31. The van der Waals surface area contributed by atoms with E-state index in [9.17, 15) is 4.79 Å². The zero-order chi connectivity index (χ0) is 11.1. The minimum absolute atomic E-state index is 0.173. The van der Waals surface area contributed by atoms with Gasteiger partial charge in [-0.2, -0.15) is 0 Å². The van der Waals surface area contributed by atoms with Crippen molar-refractivity contribution in [3.05, 3.63) is 35.9 Å². The Morgan fingerprint density at radius 1 is 1.27 bits per heavy atom. The molecule has 0 bridgehead atoms. The highest BCUT2D eigenvalue weighted by molar-refractivity contribution is 5.55. The number of benzene rings is 1. The van der Waals surface area contributed by atoms with E-state index in [0.29, 0.717) is 5.92 Å². The molecule has 2 atom stereocenters. The van der Waals surface area contributed by atoms with Crippen LogP contribution in [0.3, 0.4) is 0 Å². The first kappa shape index (κ1) is 12.0.